The van der Waals surface area contributed by atoms with Crippen LogP contribution in [-0.4, -0.2) is 4.33 Å². The van der Waals surface area contributed by atoms with Crippen molar-refractivity contribution in [3.8, 4) is 0 Å². The molecule has 0 spiro atoms. The highest BCUT2D eigenvalue weighted by atomic mass is 35.5. The molecule has 2 fully saturated rings. The molecule has 2 rings (SSSR count). The molecule has 2 aliphatic carbocycles. The van der Waals surface area contributed by atoms with Crippen LogP contribution < -0.4 is 0 Å². The third-order valence-corrected chi connectivity index (χ3v) is 5.55. The molecule has 13 heavy (non-hydrogen) atoms. The monoisotopic (exact) mass is 220 g/mol. The molecule has 0 aromatic carbocycles. The first-order valence-electron chi connectivity index (χ1n) is 5.30. The molecule has 0 aliphatic heterocycles. The second kappa shape index (κ2) is 2.79. The van der Waals surface area contributed by atoms with E-state index in [1.54, 1.807) is 0 Å². The van der Waals surface area contributed by atoms with Crippen molar-refractivity contribution in [2.45, 2.75) is 44.4 Å². The van der Waals surface area contributed by atoms with Gasteiger partial charge >= 0.3 is 0 Å². The zero-order chi connectivity index (χ0) is 9.85. The van der Waals surface area contributed by atoms with Crippen molar-refractivity contribution in [1.29, 1.82) is 0 Å². The Morgan fingerprint density at radius 3 is 2.38 bits per heavy atom. The summed E-state index contributed by atoms with van der Waals surface area (Å²) in [5, 5.41) is 0. The molecule has 0 N–H and O–H groups in total. The second-order valence-electron chi connectivity index (χ2n) is 5.25. The van der Waals surface area contributed by atoms with Crippen LogP contribution in [0, 0.1) is 23.2 Å². The van der Waals surface area contributed by atoms with Gasteiger partial charge in [0.1, 0.15) is 4.33 Å². The molecule has 76 valence electrons. The SMILES string of the molecule is CC(C)[C@]12CC[C@@H](C)C[C@H]1C2(Cl)Cl. The highest BCUT2D eigenvalue weighted by Gasteiger charge is 2.76. The van der Waals surface area contributed by atoms with Crippen LogP contribution in [0.15, 0.2) is 0 Å². The van der Waals surface area contributed by atoms with Gasteiger partial charge in [0.15, 0.2) is 0 Å². The van der Waals surface area contributed by atoms with Gasteiger partial charge in [-0.1, -0.05) is 27.2 Å². The zero-order valence-electron chi connectivity index (χ0n) is 8.61. The molecule has 0 bridgehead atoms. The topological polar surface area (TPSA) is 0 Å². The van der Waals surface area contributed by atoms with Crippen LogP contribution in [0.4, 0.5) is 0 Å². The number of halogens is 2. The maximum absolute atomic E-state index is 6.40. The lowest BCUT2D eigenvalue weighted by Crippen LogP contribution is -2.21. The van der Waals surface area contributed by atoms with Gasteiger partial charge in [-0.3, -0.25) is 0 Å². The fourth-order valence-electron chi connectivity index (χ4n) is 3.34. The average molecular weight is 221 g/mol. The first-order chi connectivity index (χ1) is 5.93. The van der Waals surface area contributed by atoms with Crippen LogP contribution in [0.3, 0.4) is 0 Å². The summed E-state index contributed by atoms with van der Waals surface area (Å²) >= 11 is 12.8. The number of rotatable bonds is 1. The summed E-state index contributed by atoms with van der Waals surface area (Å²) in [7, 11) is 0. The second-order valence-corrected chi connectivity index (χ2v) is 6.64. The van der Waals surface area contributed by atoms with Crippen molar-refractivity contribution in [1.82, 2.24) is 0 Å². The lowest BCUT2D eigenvalue weighted by atomic mass is 9.77. The standard InChI is InChI=1S/C11H18Cl2/c1-7(2)10-5-4-8(3)6-9(10)11(10,12)13/h7-9H,4-6H2,1-3H3/t8-,9-,10-/m1/s1. The molecule has 2 aliphatic rings. The van der Waals surface area contributed by atoms with Crippen LogP contribution in [0.1, 0.15) is 40.0 Å². The largest absolute Gasteiger partial charge is 0.127 e. The van der Waals surface area contributed by atoms with Crippen molar-refractivity contribution in [3.63, 3.8) is 0 Å². The van der Waals surface area contributed by atoms with E-state index in [4.69, 9.17) is 23.2 Å². The predicted octanol–water partition coefficient (Wildman–Crippen LogP) is 4.25. The van der Waals surface area contributed by atoms with Gasteiger partial charge in [0.25, 0.3) is 0 Å². The molecule has 0 aromatic rings. The fraction of sp³-hybridized carbons (Fsp3) is 1.00. The lowest BCUT2D eigenvalue weighted by molar-refractivity contribution is 0.214. The van der Waals surface area contributed by atoms with Gasteiger partial charge in [-0.05, 0) is 24.7 Å². The highest BCUT2D eigenvalue weighted by molar-refractivity contribution is 6.52. The minimum atomic E-state index is -0.411. The van der Waals surface area contributed by atoms with Gasteiger partial charge in [-0.2, -0.15) is 0 Å². The molecule has 0 saturated heterocycles. The van der Waals surface area contributed by atoms with Crippen LogP contribution >= 0.6 is 23.2 Å². The molecule has 0 aromatic heterocycles. The molecule has 2 heteroatoms. The van der Waals surface area contributed by atoms with E-state index >= 15 is 0 Å². The third kappa shape index (κ3) is 1.11. The van der Waals surface area contributed by atoms with Crippen molar-refractivity contribution in [3.05, 3.63) is 0 Å². The van der Waals surface area contributed by atoms with E-state index in [1.165, 1.54) is 19.3 Å². The lowest BCUT2D eigenvalue weighted by Gasteiger charge is -2.28. The van der Waals surface area contributed by atoms with Gasteiger partial charge in [-0.15, -0.1) is 23.2 Å². The maximum atomic E-state index is 6.40. The average Bonchev–Trinajstić information content (AvgIpc) is 2.50. The summed E-state index contributed by atoms with van der Waals surface area (Å²) in [5.74, 6) is 2.00. The van der Waals surface area contributed by atoms with Gasteiger partial charge in [0.05, 0.1) is 0 Å². The van der Waals surface area contributed by atoms with Crippen molar-refractivity contribution in [2.24, 2.45) is 23.2 Å². The first-order valence-corrected chi connectivity index (χ1v) is 6.06. The summed E-state index contributed by atoms with van der Waals surface area (Å²) in [4.78, 5) is 0. The Morgan fingerprint density at radius 1 is 1.31 bits per heavy atom. The number of fused-ring (bicyclic) bond motifs is 1. The zero-order valence-corrected chi connectivity index (χ0v) is 10.1. The third-order valence-electron chi connectivity index (χ3n) is 4.32. The Labute approximate surface area is 91.0 Å². The molecule has 3 atom stereocenters. The van der Waals surface area contributed by atoms with E-state index in [2.05, 4.69) is 20.8 Å². The molecule has 0 radical (unpaired) electrons. The molecule has 0 heterocycles. The molecule has 0 unspecified atom stereocenters. The fourth-order valence-corrected chi connectivity index (χ4v) is 4.68. The molecule has 0 amide bonds. The van der Waals surface area contributed by atoms with E-state index < -0.39 is 4.33 Å². The summed E-state index contributed by atoms with van der Waals surface area (Å²) in [6, 6.07) is 0. The smallest absolute Gasteiger partial charge is 0.101 e. The molecule has 0 nitrogen and oxygen atoms in total. The summed E-state index contributed by atoms with van der Waals surface area (Å²) in [5.41, 5.74) is 0.253. The van der Waals surface area contributed by atoms with Crippen molar-refractivity contribution in [2.75, 3.05) is 0 Å². The first kappa shape index (κ1) is 10.1. The highest BCUT2D eigenvalue weighted by Crippen LogP contribution is 2.78. The normalized spacial score (nSPS) is 47.5. The Hall–Kier alpha value is 0.580. The number of alkyl halides is 2. The minimum Gasteiger partial charge on any atom is -0.101 e. The van der Waals surface area contributed by atoms with E-state index in [9.17, 15) is 0 Å². The van der Waals surface area contributed by atoms with E-state index in [-0.39, 0.29) is 5.41 Å². The van der Waals surface area contributed by atoms with E-state index in [0.717, 1.165) is 5.92 Å². The Balaban J connectivity index is 2.22. The van der Waals surface area contributed by atoms with E-state index in [0.29, 0.717) is 11.8 Å². The molecular formula is C11H18Cl2. The van der Waals surface area contributed by atoms with Crippen molar-refractivity contribution < 1.29 is 0 Å². The quantitative estimate of drug-likeness (QED) is 0.580. The summed E-state index contributed by atoms with van der Waals surface area (Å²) < 4.78 is -0.411. The van der Waals surface area contributed by atoms with E-state index in [1.807, 2.05) is 0 Å². The van der Waals surface area contributed by atoms with Crippen LogP contribution in [0.25, 0.3) is 0 Å². The Bertz CT molecular complexity index is 222. The number of hydrogen-bond acceptors (Lipinski definition) is 0. The number of hydrogen-bond donors (Lipinski definition) is 0. The predicted molar refractivity (Wildman–Crippen MR) is 58.2 cm³/mol. The van der Waals surface area contributed by atoms with Crippen LogP contribution in [-0.2, 0) is 0 Å². The van der Waals surface area contributed by atoms with Crippen LogP contribution in [0.5, 0.6) is 0 Å². The van der Waals surface area contributed by atoms with Gasteiger partial charge in [0, 0.05) is 11.3 Å². The van der Waals surface area contributed by atoms with Crippen molar-refractivity contribution >= 4 is 23.2 Å². The summed E-state index contributed by atoms with van der Waals surface area (Å²) in [6.45, 7) is 6.83. The Kier molecular flexibility index (Phi) is 2.17. The summed E-state index contributed by atoms with van der Waals surface area (Å²) in [6.07, 6.45) is 3.75. The van der Waals surface area contributed by atoms with Crippen LogP contribution in [0.2, 0.25) is 0 Å². The maximum Gasteiger partial charge on any atom is 0.127 e. The molecule has 2 saturated carbocycles. The minimum absolute atomic E-state index is 0.253. The Morgan fingerprint density at radius 2 is 1.92 bits per heavy atom. The van der Waals surface area contributed by atoms with Gasteiger partial charge < -0.3 is 0 Å². The van der Waals surface area contributed by atoms with Gasteiger partial charge in [0.2, 0.25) is 0 Å². The van der Waals surface area contributed by atoms with Gasteiger partial charge in [-0.25, -0.2) is 0 Å². The molecular weight excluding hydrogens is 203 g/mol.